The minimum Gasteiger partial charge on any atom is -0.399 e. The van der Waals surface area contributed by atoms with Crippen molar-refractivity contribution in [2.75, 3.05) is 30.3 Å². The van der Waals surface area contributed by atoms with Crippen LogP contribution < -0.4 is 14.8 Å². The van der Waals surface area contributed by atoms with Crippen molar-refractivity contribution in [3.63, 3.8) is 0 Å². The van der Waals surface area contributed by atoms with Crippen LogP contribution in [0.5, 0.6) is 5.75 Å². The molecule has 0 fully saturated rings. The van der Waals surface area contributed by atoms with Crippen molar-refractivity contribution in [2.24, 2.45) is 0 Å². The van der Waals surface area contributed by atoms with E-state index in [1.54, 1.807) is 12.1 Å². The van der Waals surface area contributed by atoms with Crippen LogP contribution in [0.1, 0.15) is 26.2 Å². The molecule has 0 amide bonds. The largest absolute Gasteiger partial charge is 0.446 e. The highest BCUT2D eigenvalue weighted by Crippen LogP contribution is 2.31. The van der Waals surface area contributed by atoms with Crippen molar-refractivity contribution in [3.05, 3.63) is 18.2 Å². The first-order valence-electron chi connectivity index (χ1n) is 6.79. The van der Waals surface area contributed by atoms with Gasteiger partial charge in [0, 0.05) is 31.5 Å². The molecule has 0 heterocycles. The monoisotopic (exact) mass is 318 g/mol. The molecule has 0 unspecified atom stereocenters. The molecule has 0 bridgehead atoms. The van der Waals surface area contributed by atoms with Crippen LogP contribution in [0.25, 0.3) is 0 Å². The molecule has 21 heavy (non-hydrogen) atoms. The van der Waals surface area contributed by atoms with Gasteiger partial charge in [0.1, 0.15) is 0 Å². The van der Waals surface area contributed by atoms with Gasteiger partial charge < -0.3 is 19.9 Å². The van der Waals surface area contributed by atoms with Crippen LogP contribution in [0.15, 0.2) is 18.2 Å². The van der Waals surface area contributed by atoms with Gasteiger partial charge in [-0.3, -0.25) is 4.55 Å². The van der Waals surface area contributed by atoms with Gasteiger partial charge in [-0.05, 0) is 38.3 Å². The van der Waals surface area contributed by atoms with E-state index in [2.05, 4.69) is 4.18 Å². The Bertz CT molecular complexity index is 547. The SMILES string of the molecule is CCN(CCCCCO)c1ccc(N)cc1OS(=O)(=O)O. The minimum atomic E-state index is -4.60. The first-order chi connectivity index (χ1) is 9.87. The second-order valence-corrected chi connectivity index (χ2v) is 5.62. The normalized spacial score (nSPS) is 11.4. The van der Waals surface area contributed by atoms with Crippen molar-refractivity contribution in [1.29, 1.82) is 0 Å². The highest BCUT2D eigenvalue weighted by molar-refractivity contribution is 7.81. The molecule has 0 aliphatic carbocycles. The average molecular weight is 318 g/mol. The number of nitrogen functional groups attached to an aromatic ring is 1. The molecule has 0 aliphatic heterocycles. The van der Waals surface area contributed by atoms with Crippen molar-refractivity contribution >= 4 is 21.8 Å². The second kappa shape index (κ2) is 8.06. The number of hydrogen-bond acceptors (Lipinski definition) is 6. The maximum Gasteiger partial charge on any atom is 0.446 e. The van der Waals surface area contributed by atoms with Gasteiger partial charge >= 0.3 is 10.4 Å². The van der Waals surface area contributed by atoms with Crippen molar-refractivity contribution in [2.45, 2.75) is 26.2 Å². The summed E-state index contributed by atoms with van der Waals surface area (Å²) in [6.07, 6.45) is 2.45. The summed E-state index contributed by atoms with van der Waals surface area (Å²) in [6, 6.07) is 4.66. The molecule has 1 rings (SSSR count). The standard InChI is InChI=1S/C13H22N2O5S/c1-2-15(8-4-3-5-9-16)12-7-6-11(14)10-13(12)20-21(17,18)19/h6-7,10,16H,2-5,8-9,14H2,1H3,(H,17,18,19). The van der Waals surface area contributed by atoms with Crippen LogP contribution in [0, 0.1) is 0 Å². The fraction of sp³-hybridized carbons (Fsp3) is 0.538. The van der Waals surface area contributed by atoms with Crippen molar-refractivity contribution in [1.82, 2.24) is 0 Å². The molecule has 0 atom stereocenters. The summed E-state index contributed by atoms with van der Waals surface area (Å²) in [5, 5.41) is 8.77. The molecule has 7 nitrogen and oxygen atoms in total. The summed E-state index contributed by atoms with van der Waals surface area (Å²) in [5.41, 5.74) is 6.52. The lowest BCUT2D eigenvalue weighted by Gasteiger charge is -2.25. The molecule has 1 aromatic rings. The molecule has 0 radical (unpaired) electrons. The number of rotatable bonds is 9. The third kappa shape index (κ3) is 6.19. The van der Waals surface area contributed by atoms with Crippen molar-refractivity contribution in [3.8, 4) is 5.75 Å². The zero-order chi connectivity index (χ0) is 15.9. The molecule has 0 aliphatic rings. The zero-order valence-corrected chi connectivity index (χ0v) is 12.8. The van der Waals surface area contributed by atoms with Crippen LogP contribution >= 0.6 is 0 Å². The smallest absolute Gasteiger partial charge is 0.399 e. The third-order valence-corrected chi connectivity index (χ3v) is 3.38. The van der Waals surface area contributed by atoms with Gasteiger partial charge in [0.2, 0.25) is 0 Å². The number of nitrogens with zero attached hydrogens (tertiary/aromatic N) is 1. The number of anilines is 2. The Hall–Kier alpha value is -1.51. The topological polar surface area (TPSA) is 113 Å². The van der Waals surface area contributed by atoms with E-state index in [9.17, 15) is 8.42 Å². The number of benzene rings is 1. The van der Waals surface area contributed by atoms with Gasteiger partial charge in [0.25, 0.3) is 0 Å². The maximum absolute atomic E-state index is 10.9. The van der Waals surface area contributed by atoms with Crippen LogP contribution in [-0.2, 0) is 10.4 Å². The summed E-state index contributed by atoms with van der Waals surface area (Å²) in [5.74, 6) is 0.00140. The number of aliphatic hydroxyl groups excluding tert-OH is 1. The number of nitrogens with two attached hydrogens (primary N) is 1. The molecule has 1 aromatic carbocycles. The summed E-state index contributed by atoms with van der Waals surface area (Å²) >= 11 is 0. The lowest BCUT2D eigenvalue weighted by Crippen LogP contribution is -2.25. The summed E-state index contributed by atoms with van der Waals surface area (Å²) < 4.78 is 35.3. The van der Waals surface area contributed by atoms with Gasteiger partial charge in [-0.15, -0.1) is 0 Å². The van der Waals surface area contributed by atoms with Gasteiger partial charge in [-0.2, -0.15) is 8.42 Å². The summed E-state index contributed by atoms with van der Waals surface area (Å²) in [4.78, 5) is 1.93. The number of hydrogen-bond donors (Lipinski definition) is 3. The van der Waals surface area contributed by atoms with Gasteiger partial charge in [0.05, 0.1) is 5.69 Å². The zero-order valence-electron chi connectivity index (χ0n) is 12.0. The highest BCUT2D eigenvalue weighted by atomic mass is 32.3. The van der Waals surface area contributed by atoms with Crippen LogP contribution in [-0.4, -0.2) is 37.8 Å². The van der Waals surface area contributed by atoms with Gasteiger partial charge in [-0.1, -0.05) is 0 Å². The molecule has 0 saturated heterocycles. The fourth-order valence-electron chi connectivity index (χ4n) is 2.01. The van der Waals surface area contributed by atoms with E-state index >= 15 is 0 Å². The second-order valence-electron chi connectivity index (χ2n) is 4.60. The van der Waals surface area contributed by atoms with Gasteiger partial charge in [-0.25, -0.2) is 0 Å². The van der Waals surface area contributed by atoms with Crippen LogP contribution in [0.3, 0.4) is 0 Å². The van der Waals surface area contributed by atoms with E-state index in [4.69, 9.17) is 15.4 Å². The molecular formula is C13H22N2O5S. The van der Waals surface area contributed by atoms with E-state index in [0.717, 1.165) is 19.3 Å². The van der Waals surface area contributed by atoms with E-state index in [-0.39, 0.29) is 12.4 Å². The number of unbranched alkanes of at least 4 members (excludes halogenated alkanes) is 2. The van der Waals surface area contributed by atoms with Gasteiger partial charge in [0.15, 0.2) is 5.75 Å². The number of aliphatic hydroxyl groups is 1. The average Bonchev–Trinajstić information content (AvgIpc) is 2.38. The molecule has 0 saturated carbocycles. The molecular weight excluding hydrogens is 296 g/mol. The fourth-order valence-corrected chi connectivity index (χ4v) is 2.37. The van der Waals surface area contributed by atoms with Crippen LogP contribution in [0.4, 0.5) is 11.4 Å². The molecule has 8 heteroatoms. The Morgan fingerprint density at radius 3 is 2.57 bits per heavy atom. The van der Waals surface area contributed by atoms with E-state index < -0.39 is 10.4 Å². The first kappa shape index (κ1) is 17.5. The Balaban J connectivity index is 2.92. The lowest BCUT2D eigenvalue weighted by molar-refractivity contribution is 0.283. The van der Waals surface area contributed by atoms with E-state index in [0.29, 0.717) is 24.5 Å². The maximum atomic E-state index is 10.9. The van der Waals surface area contributed by atoms with Crippen molar-refractivity contribution < 1.29 is 22.3 Å². The molecule has 120 valence electrons. The van der Waals surface area contributed by atoms with Crippen LogP contribution in [0.2, 0.25) is 0 Å². The summed E-state index contributed by atoms with van der Waals surface area (Å²) in [7, 11) is -4.60. The molecule has 0 aromatic heterocycles. The van der Waals surface area contributed by atoms with E-state index in [1.165, 1.54) is 6.07 Å². The lowest BCUT2D eigenvalue weighted by atomic mass is 10.2. The Labute approximate surface area is 125 Å². The Morgan fingerprint density at radius 2 is 2.00 bits per heavy atom. The highest BCUT2D eigenvalue weighted by Gasteiger charge is 2.16. The molecule has 4 N–H and O–H groups in total. The quantitative estimate of drug-likeness (QED) is 0.358. The Kier molecular flexibility index (Phi) is 6.73. The third-order valence-electron chi connectivity index (χ3n) is 2.99. The first-order valence-corrected chi connectivity index (χ1v) is 8.16. The predicted octanol–water partition coefficient (Wildman–Crippen LogP) is 1.44. The minimum absolute atomic E-state index is 0.00140. The van der Waals surface area contributed by atoms with E-state index in [1.807, 2.05) is 11.8 Å². The Morgan fingerprint density at radius 1 is 1.29 bits per heavy atom. The predicted molar refractivity (Wildman–Crippen MR) is 81.9 cm³/mol. The molecule has 0 spiro atoms. The summed E-state index contributed by atoms with van der Waals surface area (Å²) in [6.45, 7) is 3.41.